The van der Waals surface area contributed by atoms with Crippen LogP contribution < -0.4 is 0 Å². The summed E-state index contributed by atoms with van der Waals surface area (Å²) in [7, 11) is 0. The molecule has 0 unspecified atom stereocenters. The highest BCUT2D eigenvalue weighted by Gasteiger charge is 2.56. The fraction of sp³-hybridized carbons (Fsp3) is 0.235. The maximum Gasteiger partial charge on any atom is 0.421 e. The minimum atomic E-state index is -5.04. The Labute approximate surface area is 131 Å². The number of Topliss-reactive ketones (excluding diaryl/α,β-unsaturated/α-hetero) is 1. The molecule has 1 atom stereocenters. The lowest BCUT2D eigenvalue weighted by molar-refractivity contribution is -0.264. The van der Waals surface area contributed by atoms with E-state index in [4.69, 9.17) is 0 Å². The molecule has 0 saturated heterocycles. The Morgan fingerprint density at radius 2 is 1.61 bits per heavy atom. The van der Waals surface area contributed by atoms with Gasteiger partial charge in [-0.15, -0.1) is 0 Å². The first-order valence-electron chi connectivity index (χ1n) is 6.82. The summed E-state index contributed by atoms with van der Waals surface area (Å²) in [6, 6.07) is 10.4. The van der Waals surface area contributed by atoms with E-state index in [0.29, 0.717) is 0 Å². The van der Waals surface area contributed by atoms with Crippen molar-refractivity contribution >= 4 is 5.78 Å². The second kappa shape index (κ2) is 6.04. The maximum absolute atomic E-state index is 13.4. The van der Waals surface area contributed by atoms with Crippen LogP contribution in [0, 0.1) is 6.92 Å². The molecule has 0 fully saturated rings. The van der Waals surface area contributed by atoms with Crippen LogP contribution in [0.3, 0.4) is 0 Å². The predicted molar refractivity (Wildman–Crippen MR) is 78.2 cm³/mol. The zero-order valence-corrected chi connectivity index (χ0v) is 12.3. The number of halogens is 3. The fourth-order valence-electron chi connectivity index (χ4n) is 2.23. The van der Waals surface area contributed by atoms with Crippen molar-refractivity contribution in [3.05, 3.63) is 65.2 Å². The van der Waals surface area contributed by atoms with Gasteiger partial charge in [0, 0.05) is 0 Å². The molecule has 2 aromatic carbocycles. The molecule has 0 aliphatic rings. The number of carbonyl (C=O) groups excluding carboxylic acids is 1. The fourth-order valence-corrected chi connectivity index (χ4v) is 2.23. The molecular weight excluding hydrogens is 309 g/mol. The van der Waals surface area contributed by atoms with Gasteiger partial charge in [-0.2, -0.15) is 13.2 Å². The van der Waals surface area contributed by atoms with E-state index < -0.39 is 35.3 Å². The van der Waals surface area contributed by atoms with Gasteiger partial charge in [0.25, 0.3) is 0 Å². The lowest BCUT2D eigenvalue weighted by atomic mass is 9.86. The van der Waals surface area contributed by atoms with Crippen LogP contribution in [0.2, 0.25) is 0 Å². The number of para-hydroxylation sites is 1. The number of aliphatic hydroxyl groups is 1. The summed E-state index contributed by atoms with van der Waals surface area (Å²) >= 11 is 0. The summed E-state index contributed by atoms with van der Waals surface area (Å²) in [5, 5.41) is 19.8. The van der Waals surface area contributed by atoms with Crippen molar-refractivity contribution in [2.24, 2.45) is 0 Å². The van der Waals surface area contributed by atoms with Crippen LogP contribution in [0.5, 0.6) is 5.75 Å². The van der Waals surface area contributed by atoms with Gasteiger partial charge in [0.05, 0.1) is 12.0 Å². The third kappa shape index (κ3) is 3.37. The highest BCUT2D eigenvalue weighted by atomic mass is 19.4. The molecule has 0 aliphatic carbocycles. The van der Waals surface area contributed by atoms with Gasteiger partial charge in [-0.25, -0.2) is 0 Å². The number of aromatic hydroxyl groups is 1. The quantitative estimate of drug-likeness (QED) is 0.843. The summed E-state index contributed by atoms with van der Waals surface area (Å²) in [5.74, 6) is -1.42. The number of phenolic OH excluding ortho intramolecular Hbond substituents is 1. The molecule has 0 radical (unpaired) electrons. The third-order valence-electron chi connectivity index (χ3n) is 3.62. The molecule has 2 N–H and O–H groups in total. The van der Waals surface area contributed by atoms with Crippen LogP contribution in [0.25, 0.3) is 0 Å². The lowest BCUT2D eigenvalue weighted by Gasteiger charge is -2.30. The number of benzene rings is 2. The number of alkyl halides is 3. The Morgan fingerprint density at radius 1 is 1.04 bits per heavy atom. The maximum atomic E-state index is 13.4. The second-order valence-electron chi connectivity index (χ2n) is 5.34. The van der Waals surface area contributed by atoms with E-state index in [1.54, 1.807) is 6.92 Å². The molecule has 0 aromatic heterocycles. The minimum absolute atomic E-state index is 0.262. The molecule has 0 saturated carbocycles. The standard InChI is InChI=1S/C17H15F3O3/c1-11-6-8-12(9-7-11)16(23,17(18,19)20)10-15(22)13-4-2-3-5-14(13)21/h2-9,21,23H,10H2,1H3/t16-/m0/s1. The van der Waals surface area contributed by atoms with Gasteiger partial charge in [0.15, 0.2) is 11.4 Å². The molecular formula is C17H15F3O3. The zero-order valence-electron chi connectivity index (χ0n) is 12.3. The molecule has 0 bridgehead atoms. The van der Waals surface area contributed by atoms with Crippen LogP contribution in [-0.4, -0.2) is 22.2 Å². The summed E-state index contributed by atoms with van der Waals surface area (Å²) < 4.78 is 40.2. The van der Waals surface area contributed by atoms with Crippen molar-refractivity contribution in [1.82, 2.24) is 0 Å². The van der Waals surface area contributed by atoms with E-state index >= 15 is 0 Å². The molecule has 23 heavy (non-hydrogen) atoms. The van der Waals surface area contributed by atoms with Crippen molar-refractivity contribution < 1.29 is 28.2 Å². The number of hydrogen-bond donors (Lipinski definition) is 2. The molecule has 0 aliphatic heterocycles. The Hall–Kier alpha value is -2.34. The van der Waals surface area contributed by atoms with E-state index in [-0.39, 0.29) is 5.56 Å². The van der Waals surface area contributed by atoms with Crippen LogP contribution in [0.15, 0.2) is 48.5 Å². The average Bonchev–Trinajstić information content (AvgIpc) is 2.47. The van der Waals surface area contributed by atoms with Crippen molar-refractivity contribution in [3.63, 3.8) is 0 Å². The Bertz CT molecular complexity index is 708. The minimum Gasteiger partial charge on any atom is -0.507 e. The highest BCUT2D eigenvalue weighted by Crippen LogP contribution is 2.42. The van der Waals surface area contributed by atoms with E-state index in [1.807, 2.05) is 0 Å². The molecule has 2 rings (SSSR count). The van der Waals surface area contributed by atoms with E-state index in [9.17, 15) is 28.2 Å². The smallest absolute Gasteiger partial charge is 0.421 e. The van der Waals surface area contributed by atoms with Crippen LogP contribution in [-0.2, 0) is 5.60 Å². The summed E-state index contributed by atoms with van der Waals surface area (Å²) in [6.45, 7) is 1.70. The highest BCUT2D eigenvalue weighted by molar-refractivity contribution is 5.99. The molecule has 0 spiro atoms. The first-order chi connectivity index (χ1) is 10.6. The third-order valence-corrected chi connectivity index (χ3v) is 3.62. The normalized spacial score (nSPS) is 14.3. The summed E-state index contributed by atoms with van der Waals surface area (Å²) in [6.07, 6.45) is -6.25. The number of rotatable bonds is 4. The van der Waals surface area contributed by atoms with Gasteiger partial charge in [0.1, 0.15) is 5.75 Å². The Kier molecular flexibility index (Phi) is 4.47. The van der Waals surface area contributed by atoms with Gasteiger partial charge in [-0.05, 0) is 24.6 Å². The van der Waals surface area contributed by atoms with Crippen molar-refractivity contribution in [2.45, 2.75) is 25.1 Å². The summed E-state index contributed by atoms with van der Waals surface area (Å²) in [4.78, 5) is 12.1. The first-order valence-corrected chi connectivity index (χ1v) is 6.82. The first kappa shape index (κ1) is 17.0. The van der Waals surface area contributed by atoms with Crippen LogP contribution in [0.1, 0.15) is 27.9 Å². The van der Waals surface area contributed by atoms with E-state index in [2.05, 4.69) is 0 Å². The Balaban J connectivity index is 2.42. The molecule has 3 nitrogen and oxygen atoms in total. The van der Waals surface area contributed by atoms with E-state index in [1.165, 1.54) is 36.4 Å². The molecule has 2 aromatic rings. The number of hydrogen-bond acceptors (Lipinski definition) is 3. The average molecular weight is 324 g/mol. The van der Waals surface area contributed by atoms with Crippen LogP contribution >= 0.6 is 0 Å². The SMILES string of the molecule is Cc1ccc([C@@](O)(CC(=O)c2ccccc2O)C(F)(F)F)cc1. The number of carbonyl (C=O) groups is 1. The van der Waals surface area contributed by atoms with Gasteiger partial charge in [0.2, 0.25) is 0 Å². The monoisotopic (exact) mass is 324 g/mol. The van der Waals surface area contributed by atoms with Gasteiger partial charge in [-0.3, -0.25) is 4.79 Å². The number of phenols is 1. The van der Waals surface area contributed by atoms with Gasteiger partial charge < -0.3 is 10.2 Å². The van der Waals surface area contributed by atoms with E-state index in [0.717, 1.165) is 17.7 Å². The molecule has 0 heterocycles. The van der Waals surface area contributed by atoms with Gasteiger partial charge >= 0.3 is 6.18 Å². The topological polar surface area (TPSA) is 57.5 Å². The zero-order chi connectivity index (χ0) is 17.3. The molecule has 122 valence electrons. The predicted octanol–water partition coefficient (Wildman–Crippen LogP) is 3.72. The van der Waals surface area contributed by atoms with Crippen molar-refractivity contribution in [1.29, 1.82) is 0 Å². The van der Waals surface area contributed by atoms with Crippen molar-refractivity contribution in [3.8, 4) is 5.75 Å². The van der Waals surface area contributed by atoms with Gasteiger partial charge in [-0.1, -0.05) is 42.0 Å². The lowest BCUT2D eigenvalue weighted by Crippen LogP contribution is -2.44. The molecule has 0 amide bonds. The largest absolute Gasteiger partial charge is 0.507 e. The number of aryl methyl sites for hydroxylation is 1. The summed E-state index contributed by atoms with van der Waals surface area (Å²) in [5.41, 5.74) is -3.27. The van der Waals surface area contributed by atoms with Crippen molar-refractivity contribution in [2.75, 3.05) is 0 Å². The Morgan fingerprint density at radius 3 is 2.13 bits per heavy atom. The second-order valence-corrected chi connectivity index (χ2v) is 5.34. The molecule has 6 heteroatoms. The van der Waals surface area contributed by atoms with Crippen LogP contribution in [0.4, 0.5) is 13.2 Å². The number of ketones is 1.